The van der Waals surface area contributed by atoms with E-state index in [0.29, 0.717) is 5.75 Å². The van der Waals surface area contributed by atoms with Gasteiger partial charge in [-0.25, -0.2) is 0 Å². The molecule has 0 aliphatic carbocycles. The third-order valence-corrected chi connectivity index (χ3v) is 2.47. The van der Waals surface area contributed by atoms with Gasteiger partial charge in [-0.05, 0) is 36.2 Å². The van der Waals surface area contributed by atoms with E-state index in [2.05, 4.69) is 0 Å². The number of hydrogen-bond donors (Lipinski definition) is 2. The molecule has 0 radical (unpaired) electrons. The first-order chi connectivity index (χ1) is 7.18. The van der Waals surface area contributed by atoms with Crippen LogP contribution < -0.4 is 5.73 Å². The summed E-state index contributed by atoms with van der Waals surface area (Å²) in [7, 11) is 0. The van der Waals surface area contributed by atoms with Crippen LogP contribution in [-0.2, 0) is 0 Å². The van der Waals surface area contributed by atoms with E-state index in [9.17, 15) is 5.11 Å². The van der Waals surface area contributed by atoms with Crippen LogP contribution in [0.1, 0.15) is 5.56 Å². The molecule has 2 rings (SSSR count). The molecule has 2 nitrogen and oxygen atoms in total. The van der Waals surface area contributed by atoms with Gasteiger partial charge in [0.2, 0.25) is 0 Å². The van der Waals surface area contributed by atoms with E-state index in [-0.39, 0.29) is 0 Å². The van der Waals surface area contributed by atoms with Crippen LogP contribution in [0.15, 0.2) is 42.5 Å². The number of phenols is 1. The molecule has 0 bridgehead atoms. The lowest BCUT2D eigenvalue weighted by Gasteiger charge is -2.07. The lowest BCUT2D eigenvalue weighted by atomic mass is 10.0. The van der Waals surface area contributed by atoms with Crippen LogP contribution in [0, 0.1) is 6.92 Å². The summed E-state index contributed by atoms with van der Waals surface area (Å²) in [5.74, 6) is 0.313. The summed E-state index contributed by atoms with van der Waals surface area (Å²) in [4.78, 5) is 0. The fraction of sp³-hybridized carbons (Fsp3) is 0.0769. The van der Waals surface area contributed by atoms with Crippen LogP contribution >= 0.6 is 0 Å². The Hall–Kier alpha value is -1.96. The van der Waals surface area contributed by atoms with E-state index >= 15 is 0 Å². The van der Waals surface area contributed by atoms with Crippen LogP contribution in [0.5, 0.6) is 5.75 Å². The fourth-order valence-corrected chi connectivity index (χ4v) is 1.58. The highest BCUT2D eigenvalue weighted by Crippen LogP contribution is 2.28. The van der Waals surface area contributed by atoms with Gasteiger partial charge in [-0.2, -0.15) is 0 Å². The first kappa shape index (κ1) is 9.59. The SMILES string of the molecule is Cc1cc(-c2ccccc2N)ccc1O. The van der Waals surface area contributed by atoms with Gasteiger partial charge < -0.3 is 10.8 Å². The van der Waals surface area contributed by atoms with Gasteiger partial charge in [-0.15, -0.1) is 0 Å². The molecule has 0 saturated heterocycles. The Balaban J connectivity index is 2.55. The summed E-state index contributed by atoms with van der Waals surface area (Å²) >= 11 is 0. The number of nitrogen functional groups attached to an aromatic ring is 1. The monoisotopic (exact) mass is 199 g/mol. The van der Waals surface area contributed by atoms with Crippen molar-refractivity contribution in [2.75, 3.05) is 5.73 Å². The van der Waals surface area contributed by atoms with Gasteiger partial charge in [0, 0.05) is 11.3 Å². The van der Waals surface area contributed by atoms with Crippen LogP contribution in [0.25, 0.3) is 11.1 Å². The molecular formula is C13H13NO. The zero-order valence-electron chi connectivity index (χ0n) is 8.57. The molecule has 0 aromatic heterocycles. The lowest BCUT2D eigenvalue weighted by molar-refractivity contribution is 0.471. The van der Waals surface area contributed by atoms with E-state index < -0.39 is 0 Å². The van der Waals surface area contributed by atoms with Gasteiger partial charge in [0.05, 0.1) is 0 Å². The topological polar surface area (TPSA) is 46.2 Å². The van der Waals surface area contributed by atoms with Crippen molar-refractivity contribution in [3.05, 3.63) is 48.0 Å². The van der Waals surface area contributed by atoms with Crippen molar-refractivity contribution in [1.29, 1.82) is 0 Å². The molecule has 15 heavy (non-hydrogen) atoms. The molecule has 0 saturated carbocycles. The molecule has 0 amide bonds. The molecule has 0 aliphatic heterocycles. The first-order valence-electron chi connectivity index (χ1n) is 4.83. The van der Waals surface area contributed by atoms with E-state index in [1.807, 2.05) is 43.3 Å². The summed E-state index contributed by atoms with van der Waals surface area (Å²) in [5, 5.41) is 9.43. The van der Waals surface area contributed by atoms with E-state index in [0.717, 1.165) is 22.4 Å². The summed E-state index contributed by atoms with van der Waals surface area (Å²) in [6.45, 7) is 1.87. The average molecular weight is 199 g/mol. The zero-order chi connectivity index (χ0) is 10.8. The summed E-state index contributed by atoms with van der Waals surface area (Å²) in [5.41, 5.74) is 9.52. The van der Waals surface area contributed by atoms with E-state index in [1.54, 1.807) is 6.07 Å². The molecule has 3 N–H and O–H groups in total. The molecule has 0 heterocycles. The van der Waals surface area contributed by atoms with Gasteiger partial charge in [0.1, 0.15) is 5.75 Å². The normalized spacial score (nSPS) is 10.2. The number of hydrogen-bond acceptors (Lipinski definition) is 2. The van der Waals surface area contributed by atoms with E-state index in [4.69, 9.17) is 5.73 Å². The molecular weight excluding hydrogens is 186 g/mol. The fourth-order valence-electron chi connectivity index (χ4n) is 1.58. The number of benzene rings is 2. The number of rotatable bonds is 1. The third kappa shape index (κ3) is 1.79. The molecule has 0 aliphatic rings. The quantitative estimate of drug-likeness (QED) is 0.693. The standard InChI is InChI=1S/C13H13NO/c1-9-8-10(6-7-13(9)15)11-4-2-3-5-12(11)14/h2-8,15H,14H2,1H3. The number of nitrogens with two attached hydrogens (primary N) is 1. The Labute approximate surface area is 89.0 Å². The Kier molecular flexibility index (Phi) is 2.34. The molecule has 2 heteroatoms. The Bertz CT molecular complexity index is 492. The predicted octanol–water partition coefficient (Wildman–Crippen LogP) is 2.95. The van der Waals surface area contributed by atoms with Crippen molar-refractivity contribution in [3.63, 3.8) is 0 Å². The second kappa shape index (κ2) is 3.65. The molecule has 0 spiro atoms. The average Bonchev–Trinajstić information content (AvgIpc) is 2.23. The van der Waals surface area contributed by atoms with Gasteiger partial charge in [-0.3, -0.25) is 0 Å². The van der Waals surface area contributed by atoms with Gasteiger partial charge in [0.25, 0.3) is 0 Å². The lowest BCUT2D eigenvalue weighted by Crippen LogP contribution is -1.89. The zero-order valence-corrected chi connectivity index (χ0v) is 8.57. The highest BCUT2D eigenvalue weighted by atomic mass is 16.3. The second-order valence-corrected chi connectivity index (χ2v) is 3.59. The highest BCUT2D eigenvalue weighted by molar-refractivity contribution is 5.76. The van der Waals surface area contributed by atoms with Crippen LogP contribution in [0.2, 0.25) is 0 Å². The predicted molar refractivity (Wildman–Crippen MR) is 62.7 cm³/mol. The molecule has 0 atom stereocenters. The molecule has 2 aromatic carbocycles. The minimum Gasteiger partial charge on any atom is -0.508 e. The summed E-state index contributed by atoms with van der Waals surface area (Å²) in [6.07, 6.45) is 0. The highest BCUT2D eigenvalue weighted by Gasteiger charge is 2.03. The van der Waals surface area contributed by atoms with E-state index in [1.165, 1.54) is 0 Å². The number of anilines is 1. The maximum Gasteiger partial charge on any atom is 0.118 e. The maximum absolute atomic E-state index is 9.43. The van der Waals surface area contributed by atoms with Crippen LogP contribution in [-0.4, -0.2) is 5.11 Å². The van der Waals surface area contributed by atoms with Gasteiger partial charge in [-0.1, -0.05) is 24.3 Å². The largest absolute Gasteiger partial charge is 0.508 e. The maximum atomic E-state index is 9.43. The minimum atomic E-state index is 0.313. The Morgan fingerprint density at radius 2 is 1.80 bits per heavy atom. The van der Waals surface area contributed by atoms with Crippen molar-refractivity contribution in [2.24, 2.45) is 0 Å². The minimum absolute atomic E-state index is 0.313. The van der Waals surface area contributed by atoms with Crippen molar-refractivity contribution in [1.82, 2.24) is 0 Å². The number of aryl methyl sites for hydroxylation is 1. The van der Waals surface area contributed by atoms with Crippen LogP contribution in [0.4, 0.5) is 5.69 Å². The summed E-state index contributed by atoms with van der Waals surface area (Å²) in [6, 6.07) is 13.2. The Morgan fingerprint density at radius 1 is 1.07 bits per heavy atom. The van der Waals surface area contributed by atoms with Gasteiger partial charge in [0.15, 0.2) is 0 Å². The molecule has 0 unspecified atom stereocenters. The number of para-hydroxylation sites is 1. The van der Waals surface area contributed by atoms with Crippen molar-refractivity contribution in [3.8, 4) is 16.9 Å². The molecule has 2 aromatic rings. The van der Waals surface area contributed by atoms with Crippen molar-refractivity contribution >= 4 is 5.69 Å². The Morgan fingerprint density at radius 3 is 2.47 bits per heavy atom. The van der Waals surface area contributed by atoms with Crippen molar-refractivity contribution in [2.45, 2.75) is 6.92 Å². The van der Waals surface area contributed by atoms with Crippen LogP contribution in [0.3, 0.4) is 0 Å². The second-order valence-electron chi connectivity index (χ2n) is 3.59. The van der Waals surface area contributed by atoms with Crippen molar-refractivity contribution < 1.29 is 5.11 Å². The number of phenolic OH excluding ortho intramolecular Hbond substituents is 1. The smallest absolute Gasteiger partial charge is 0.118 e. The number of aromatic hydroxyl groups is 1. The summed E-state index contributed by atoms with van der Waals surface area (Å²) < 4.78 is 0. The first-order valence-corrected chi connectivity index (χ1v) is 4.83. The molecule has 76 valence electrons. The van der Waals surface area contributed by atoms with Gasteiger partial charge >= 0.3 is 0 Å². The molecule has 0 fully saturated rings. The third-order valence-electron chi connectivity index (χ3n) is 2.47.